The van der Waals surface area contributed by atoms with Crippen LogP contribution in [0.4, 0.5) is 13.9 Å². The molecular weight excluding hydrogens is 486 g/mol. The molecule has 170 valence electrons. The number of benzene rings is 2. The Labute approximate surface area is 191 Å². The van der Waals surface area contributed by atoms with Crippen LogP contribution in [0.25, 0.3) is 0 Å². The fourth-order valence-corrected chi connectivity index (χ4v) is 5.05. The van der Waals surface area contributed by atoms with E-state index >= 15 is 0 Å². The van der Waals surface area contributed by atoms with Gasteiger partial charge in [0.1, 0.15) is 29.8 Å². The first-order valence-electron chi connectivity index (χ1n) is 9.35. The van der Waals surface area contributed by atoms with E-state index in [0.29, 0.717) is 30.3 Å². The lowest BCUT2D eigenvalue weighted by Crippen LogP contribution is -2.44. The van der Waals surface area contributed by atoms with Crippen molar-refractivity contribution in [2.75, 3.05) is 24.5 Å². The molecule has 1 aromatic heterocycles. The van der Waals surface area contributed by atoms with Crippen molar-refractivity contribution < 1.29 is 26.7 Å². The summed E-state index contributed by atoms with van der Waals surface area (Å²) < 4.78 is 70.7. The molecule has 1 aliphatic rings. The van der Waals surface area contributed by atoms with Gasteiger partial charge in [-0.05, 0) is 17.7 Å². The summed E-state index contributed by atoms with van der Waals surface area (Å²) >= 11 is 6.70. The molecule has 32 heavy (non-hydrogen) atoms. The molecule has 2 atom stereocenters. The van der Waals surface area contributed by atoms with Crippen LogP contribution >= 0.6 is 23.1 Å². The smallest absolute Gasteiger partial charge is 0.266 e. The Bertz CT molecular complexity index is 1180. The lowest BCUT2D eigenvalue weighted by Gasteiger charge is -2.33. The number of rotatable bonds is 7. The van der Waals surface area contributed by atoms with Crippen LogP contribution in [0.3, 0.4) is 0 Å². The average Bonchev–Trinajstić information content (AvgIpc) is 3.27. The summed E-state index contributed by atoms with van der Waals surface area (Å²) in [6.07, 6.45) is 0.644. The molecule has 0 spiro atoms. The Morgan fingerprint density at radius 2 is 2.03 bits per heavy atom. The maximum Gasteiger partial charge on any atom is 0.266 e. The van der Waals surface area contributed by atoms with Crippen LogP contribution < -0.4 is 14.8 Å². The molecule has 2 aromatic carbocycles. The van der Waals surface area contributed by atoms with E-state index < -0.39 is 38.4 Å². The first-order chi connectivity index (χ1) is 15.3. The Hall–Kier alpha value is -2.38. The Balaban J connectivity index is 1.49. The molecular formula is C19H17ClF2N4O4S2. The molecule has 1 aliphatic heterocycles. The Morgan fingerprint density at radius 3 is 2.75 bits per heavy atom. The summed E-state index contributed by atoms with van der Waals surface area (Å²) in [5.74, 6) is -2.63. The minimum atomic E-state index is -4.40. The minimum absolute atomic E-state index is 0.0691. The number of halogens is 3. The quantitative estimate of drug-likeness (QED) is 0.510. The minimum Gasteiger partial charge on any atom is -0.488 e. The van der Waals surface area contributed by atoms with E-state index in [1.54, 1.807) is 12.1 Å². The molecule has 13 heteroatoms. The maximum absolute atomic E-state index is 14.6. The van der Waals surface area contributed by atoms with Gasteiger partial charge in [-0.25, -0.2) is 22.2 Å². The number of hydrogen-bond donors (Lipinski definition) is 2. The van der Waals surface area contributed by atoms with Crippen molar-refractivity contribution in [3.05, 3.63) is 64.9 Å². The van der Waals surface area contributed by atoms with E-state index in [1.165, 1.54) is 0 Å². The van der Waals surface area contributed by atoms with Crippen LogP contribution in [0.15, 0.2) is 47.6 Å². The van der Waals surface area contributed by atoms with Gasteiger partial charge in [0.25, 0.3) is 10.0 Å². The standard InChI is InChI=1S/C19H17ClF2N4O4S2/c20-12-3-1-11(2-4-12)18-16(29-6-5-23-18)9-30-15-7-14(22)17(8-13(15)21)32(27,28)26-19-24-10-25-31-19/h1-4,7-8,10,16,18,23H,5-6,9H2,(H,24,25,26). The molecule has 0 saturated carbocycles. The highest BCUT2D eigenvalue weighted by atomic mass is 35.5. The number of hydrogen-bond acceptors (Lipinski definition) is 8. The summed E-state index contributed by atoms with van der Waals surface area (Å²) in [6, 6.07) is 8.18. The lowest BCUT2D eigenvalue weighted by molar-refractivity contribution is -0.0305. The van der Waals surface area contributed by atoms with Gasteiger partial charge in [0.2, 0.25) is 5.13 Å². The van der Waals surface area contributed by atoms with Gasteiger partial charge in [-0.1, -0.05) is 23.7 Å². The van der Waals surface area contributed by atoms with E-state index in [0.717, 1.165) is 23.4 Å². The number of sulfonamides is 1. The lowest BCUT2D eigenvalue weighted by atomic mass is 10.0. The van der Waals surface area contributed by atoms with Crippen molar-refractivity contribution in [1.82, 2.24) is 14.7 Å². The number of nitrogens with one attached hydrogen (secondary N) is 2. The van der Waals surface area contributed by atoms with Gasteiger partial charge >= 0.3 is 0 Å². The molecule has 8 nitrogen and oxygen atoms in total. The molecule has 0 amide bonds. The molecule has 0 aliphatic carbocycles. The first-order valence-corrected chi connectivity index (χ1v) is 12.0. The number of ether oxygens (including phenoxy) is 2. The van der Waals surface area contributed by atoms with Crippen LogP contribution in [0, 0.1) is 11.6 Å². The topological polar surface area (TPSA) is 102 Å². The molecule has 3 aromatic rings. The van der Waals surface area contributed by atoms with Gasteiger partial charge in [-0.3, -0.25) is 4.72 Å². The highest BCUT2D eigenvalue weighted by Gasteiger charge is 2.29. The normalized spacial score (nSPS) is 19.0. The zero-order chi connectivity index (χ0) is 22.7. The third kappa shape index (κ3) is 5.15. The summed E-state index contributed by atoms with van der Waals surface area (Å²) in [5, 5.41) is 3.82. The zero-order valence-corrected chi connectivity index (χ0v) is 18.7. The molecule has 2 unspecified atom stereocenters. The van der Waals surface area contributed by atoms with Gasteiger partial charge in [0, 0.05) is 35.2 Å². The Morgan fingerprint density at radius 1 is 1.25 bits per heavy atom. The van der Waals surface area contributed by atoms with Crippen molar-refractivity contribution in [2.24, 2.45) is 0 Å². The summed E-state index contributed by atoms with van der Waals surface area (Å²) in [6.45, 7) is 0.941. The number of nitrogens with zero attached hydrogens (tertiary/aromatic N) is 2. The van der Waals surface area contributed by atoms with Crippen molar-refractivity contribution in [1.29, 1.82) is 0 Å². The number of morpholine rings is 1. The second-order valence-electron chi connectivity index (χ2n) is 6.77. The summed E-state index contributed by atoms with van der Waals surface area (Å²) in [7, 11) is -4.40. The van der Waals surface area contributed by atoms with Crippen molar-refractivity contribution >= 4 is 38.3 Å². The van der Waals surface area contributed by atoms with E-state index in [-0.39, 0.29) is 17.8 Å². The predicted octanol–water partition coefficient (Wildman–Crippen LogP) is 3.38. The molecule has 2 N–H and O–H groups in total. The van der Waals surface area contributed by atoms with Gasteiger partial charge in [-0.2, -0.15) is 4.37 Å². The van der Waals surface area contributed by atoms with E-state index in [2.05, 4.69) is 14.7 Å². The van der Waals surface area contributed by atoms with E-state index in [4.69, 9.17) is 21.1 Å². The van der Waals surface area contributed by atoms with Gasteiger partial charge in [-0.15, -0.1) is 0 Å². The molecule has 1 fully saturated rings. The van der Waals surface area contributed by atoms with Crippen molar-refractivity contribution in [3.8, 4) is 5.75 Å². The van der Waals surface area contributed by atoms with Crippen molar-refractivity contribution in [2.45, 2.75) is 17.0 Å². The maximum atomic E-state index is 14.6. The van der Waals surface area contributed by atoms with Crippen LogP contribution in [0.1, 0.15) is 11.6 Å². The second kappa shape index (κ2) is 9.63. The fraction of sp³-hybridized carbons (Fsp3) is 0.263. The number of aromatic nitrogens is 2. The van der Waals surface area contributed by atoms with Gasteiger partial charge < -0.3 is 14.8 Å². The second-order valence-corrected chi connectivity index (χ2v) is 9.64. The number of anilines is 1. The monoisotopic (exact) mass is 502 g/mol. The fourth-order valence-electron chi connectivity index (χ4n) is 3.19. The summed E-state index contributed by atoms with van der Waals surface area (Å²) in [5.41, 5.74) is 0.901. The highest BCUT2D eigenvalue weighted by Crippen LogP contribution is 2.28. The van der Waals surface area contributed by atoms with Crippen molar-refractivity contribution in [3.63, 3.8) is 0 Å². The Kier molecular flexibility index (Phi) is 6.86. The third-order valence-electron chi connectivity index (χ3n) is 4.66. The molecule has 0 radical (unpaired) electrons. The first kappa shape index (κ1) is 22.8. The molecule has 2 heterocycles. The van der Waals surface area contributed by atoms with Crippen LogP contribution in [0.2, 0.25) is 5.02 Å². The summed E-state index contributed by atoms with van der Waals surface area (Å²) in [4.78, 5) is 2.80. The van der Waals surface area contributed by atoms with E-state index in [9.17, 15) is 17.2 Å². The van der Waals surface area contributed by atoms with Gasteiger partial charge in [0.15, 0.2) is 11.6 Å². The molecule has 1 saturated heterocycles. The van der Waals surface area contributed by atoms with Crippen LogP contribution in [-0.2, 0) is 14.8 Å². The largest absolute Gasteiger partial charge is 0.488 e. The third-order valence-corrected chi connectivity index (χ3v) is 6.98. The SMILES string of the molecule is O=S(=O)(Nc1ncns1)c1cc(F)c(OCC2OCCNC2c2ccc(Cl)cc2)cc1F. The molecule has 0 bridgehead atoms. The highest BCUT2D eigenvalue weighted by molar-refractivity contribution is 7.93. The van der Waals surface area contributed by atoms with Crippen LogP contribution in [-0.4, -0.2) is 43.6 Å². The van der Waals surface area contributed by atoms with Gasteiger partial charge in [0.05, 0.1) is 12.6 Å². The zero-order valence-electron chi connectivity index (χ0n) is 16.3. The van der Waals surface area contributed by atoms with Crippen LogP contribution in [0.5, 0.6) is 5.75 Å². The average molecular weight is 503 g/mol. The van der Waals surface area contributed by atoms with E-state index in [1.807, 2.05) is 16.9 Å². The predicted molar refractivity (Wildman–Crippen MR) is 115 cm³/mol. The molecule has 4 rings (SSSR count).